The van der Waals surface area contributed by atoms with Crippen molar-refractivity contribution in [1.82, 2.24) is 4.98 Å². The van der Waals surface area contributed by atoms with Gasteiger partial charge in [0.05, 0.1) is 19.2 Å². The summed E-state index contributed by atoms with van der Waals surface area (Å²) in [4.78, 5) is 15.7. The molecule has 1 aromatic carbocycles. The molecule has 0 spiro atoms. The predicted octanol–water partition coefficient (Wildman–Crippen LogP) is 3.78. The van der Waals surface area contributed by atoms with Crippen molar-refractivity contribution in [2.45, 2.75) is 19.5 Å². The van der Waals surface area contributed by atoms with Crippen LogP contribution in [0.3, 0.4) is 0 Å². The van der Waals surface area contributed by atoms with Gasteiger partial charge in [0.25, 0.3) is 5.78 Å². The number of fused-ring (bicyclic) bond motifs is 1. The minimum atomic E-state index is -5.04. The third kappa shape index (κ3) is 2.98. The second-order valence-electron chi connectivity index (χ2n) is 4.52. The third-order valence-corrected chi connectivity index (χ3v) is 2.94. The Morgan fingerprint density at radius 2 is 1.95 bits per heavy atom. The number of benzene rings is 1. The average Bonchev–Trinajstić information content (AvgIpc) is 2.49. The molecule has 0 aliphatic rings. The van der Waals surface area contributed by atoms with Crippen LogP contribution in [0.4, 0.5) is 13.2 Å². The van der Waals surface area contributed by atoms with Gasteiger partial charge in [-0.25, -0.2) is 4.98 Å². The van der Waals surface area contributed by atoms with E-state index in [0.29, 0.717) is 17.3 Å². The molecule has 0 aliphatic heterocycles. The lowest BCUT2D eigenvalue weighted by molar-refractivity contribution is -0.0888. The van der Waals surface area contributed by atoms with Crippen LogP contribution in [0.2, 0.25) is 0 Å². The molecule has 0 atom stereocenters. The molecule has 4 nitrogen and oxygen atoms in total. The van der Waals surface area contributed by atoms with Crippen LogP contribution in [-0.2, 0) is 0 Å². The van der Waals surface area contributed by atoms with Crippen LogP contribution in [-0.4, -0.2) is 30.7 Å². The maximum Gasteiger partial charge on any atom is 0.455 e. The molecular weight excluding hydrogens is 299 g/mol. The Hall–Kier alpha value is -2.31. The molecule has 0 saturated heterocycles. The van der Waals surface area contributed by atoms with Gasteiger partial charge >= 0.3 is 6.18 Å². The number of aromatic nitrogens is 1. The molecule has 0 fully saturated rings. The standard InChI is InChI=1S/C15H14F3NO3/c1-3-8-22-12-9-6-4-5-7-10(9)19-14(21-2)11(12)13(20)15(16,17)18/h4-7H,3,8H2,1-2H3. The molecule has 0 saturated carbocycles. The van der Waals surface area contributed by atoms with Crippen molar-refractivity contribution in [3.8, 4) is 11.6 Å². The van der Waals surface area contributed by atoms with Gasteiger partial charge in [-0.3, -0.25) is 4.79 Å². The number of Topliss-reactive ketones (excluding diaryl/α,β-unsaturated/α-hetero) is 1. The second kappa shape index (κ2) is 6.21. The van der Waals surface area contributed by atoms with Gasteiger partial charge in [0, 0.05) is 5.39 Å². The Kier molecular flexibility index (Phi) is 4.54. The summed E-state index contributed by atoms with van der Waals surface area (Å²) in [6, 6.07) is 6.49. The Morgan fingerprint density at radius 1 is 1.27 bits per heavy atom. The summed E-state index contributed by atoms with van der Waals surface area (Å²) in [5.74, 6) is -2.58. The van der Waals surface area contributed by atoms with Crippen LogP contribution in [0.25, 0.3) is 10.9 Å². The van der Waals surface area contributed by atoms with Crippen LogP contribution in [0.5, 0.6) is 11.6 Å². The van der Waals surface area contributed by atoms with Gasteiger partial charge in [0.1, 0.15) is 11.3 Å². The zero-order chi connectivity index (χ0) is 16.3. The number of pyridine rings is 1. The van der Waals surface area contributed by atoms with E-state index in [9.17, 15) is 18.0 Å². The maximum atomic E-state index is 12.9. The average molecular weight is 313 g/mol. The van der Waals surface area contributed by atoms with Gasteiger partial charge in [-0.05, 0) is 18.6 Å². The van der Waals surface area contributed by atoms with Crippen molar-refractivity contribution in [2.24, 2.45) is 0 Å². The van der Waals surface area contributed by atoms with Crippen LogP contribution >= 0.6 is 0 Å². The smallest absolute Gasteiger partial charge is 0.455 e. The Balaban J connectivity index is 2.77. The summed E-state index contributed by atoms with van der Waals surface area (Å²) in [7, 11) is 1.16. The van der Waals surface area contributed by atoms with E-state index < -0.39 is 23.4 Å². The van der Waals surface area contributed by atoms with Crippen molar-refractivity contribution in [3.05, 3.63) is 29.8 Å². The zero-order valence-corrected chi connectivity index (χ0v) is 12.0. The van der Waals surface area contributed by atoms with Gasteiger partial charge in [-0.15, -0.1) is 0 Å². The first-order chi connectivity index (χ1) is 10.4. The lowest BCUT2D eigenvalue weighted by Gasteiger charge is -2.16. The third-order valence-electron chi connectivity index (χ3n) is 2.94. The molecule has 22 heavy (non-hydrogen) atoms. The molecule has 0 bridgehead atoms. The van der Waals surface area contributed by atoms with Crippen molar-refractivity contribution in [1.29, 1.82) is 0 Å². The SMILES string of the molecule is CCCOc1c(C(=O)C(F)(F)F)c(OC)nc2ccccc12. The van der Waals surface area contributed by atoms with Gasteiger partial charge < -0.3 is 9.47 Å². The molecule has 0 amide bonds. The number of ether oxygens (including phenoxy) is 2. The quantitative estimate of drug-likeness (QED) is 0.788. The van der Waals surface area contributed by atoms with E-state index in [4.69, 9.17) is 9.47 Å². The number of halogens is 3. The lowest BCUT2D eigenvalue weighted by Crippen LogP contribution is -2.24. The van der Waals surface area contributed by atoms with Gasteiger partial charge in [0.2, 0.25) is 5.88 Å². The molecule has 1 aromatic heterocycles. The maximum absolute atomic E-state index is 12.9. The summed E-state index contributed by atoms with van der Waals surface area (Å²) in [5.41, 5.74) is -0.300. The van der Waals surface area contributed by atoms with E-state index in [2.05, 4.69) is 4.98 Å². The summed E-state index contributed by atoms with van der Waals surface area (Å²) < 4.78 is 48.9. The first-order valence-corrected chi connectivity index (χ1v) is 6.61. The normalized spacial score (nSPS) is 11.5. The number of hydrogen-bond acceptors (Lipinski definition) is 4. The number of methoxy groups -OCH3 is 1. The van der Waals surface area contributed by atoms with E-state index in [1.807, 2.05) is 6.92 Å². The predicted molar refractivity (Wildman–Crippen MR) is 74.5 cm³/mol. The number of ketones is 1. The highest BCUT2D eigenvalue weighted by Gasteiger charge is 2.43. The van der Waals surface area contributed by atoms with Crippen LogP contribution in [0.1, 0.15) is 23.7 Å². The van der Waals surface area contributed by atoms with E-state index >= 15 is 0 Å². The first kappa shape index (κ1) is 16.1. The molecular formula is C15H14F3NO3. The largest absolute Gasteiger partial charge is 0.492 e. The fourth-order valence-corrected chi connectivity index (χ4v) is 2.00. The summed E-state index contributed by atoms with van der Waals surface area (Å²) >= 11 is 0. The molecule has 0 radical (unpaired) electrons. The number of rotatable bonds is 5. The van der Waals surface area contributed by atoms with Crippen LogP contribution in [0.15, 0.2) is 24.3 Å². The second-order valence-corrected chi connectivity index (χ2v) is 4.52. The van der Waals surface area contributed by atoms with Gasteiger partial charge in [-0.1, -0.05) is 19.1 Å². The minimum Gasteiger partial charge on any atom is -0.492 e. The number of hydrogen-bond donors (Lipinski definition) is 0. The van der Waals surface area contributed by atoms with E-state index in [1.165, 1.54) is 0 Å². The Bertz CT molecular complexity index is 698. The van der Waals surface area contributed by atoms with E-state index in [0.717, 1.165) is 7.11 Å². The van der Waals surface area contributed by atoms with Gasteiger partial charge in [-0.2, -0.15) is 13.2 Å². The first-order valence-electron chi connectivity index (χ1n) is 6.61. The van der Waals surface area contributed by atoms with Crippen molar-refractivity contribution in [3.63, 3.8) is 0 Å². The molecule has 7 heteroatoms. The molecule has 2 aromatic rings. The summed E-state index contributed by atoms with van der Waals surface area (Å²) in [5, 5.41) is 0.337. The lowest BCUT2D eigenvalue weighted by atomic mass is 10.1. The molecule has 118 valence electrons. The summed E-state index contributed by atoms with van der Waals surface area (Å²) in [6.45, 7) is 1.99. The van der Waals surface area contributed by atoms with E-state index in [-0.39, 0.29) is 12.4 Å². The highest BCUT2D eigenvalue weighted by atomic mass is 19.4. The molecule has 0 N–H and O–H groups in total. The Morgan fingerprint density at radius 3 is 2.55 bits per heavy atom. The molecule has 0 aliphatic carbocycles. The highest BCUT2D eigenvalue weighted by Crippen LogP contribution is 2.38. The van der Waals surface area contributed by atoms with Gasteiger partial charge in [0.15, 0.2) is 0 Å². The van der Waals surface area contributed by atoms with Crippen molar-refractivity contribution >= 4 is 16.7 Å². The number of alkyl halides is 3. The fourth-order valence-electron chi connectivity index (χ4n) is 2.00. The molecule has 0 unspecified atom stereocenters. The monoisotopic (exact) mass is 313 g/mol. The number of carbonyl (C=O) groups excluding carboxylic acids is 1. The number of carbonyl (C=O) groups is 1. The van der Waals surface area contributed by atoms with Crippen LogP contribution in [0, 0.1) is 0 Å². The highest BCUT2D eigenvalue weighted by molar-refractivity contribution is 6.08. The number of nitrogens with zero attached hydrogens (tertiary/aromatic N) is 1. The van der Waals surface area contributed by atoms with Crippen LogP contribution < -0.4 is 9.47 Å². The molecule has 2 rings (SSSR count). The fraction of sp³-hybridized carbons (Fsp3) is 0.333. The number of para-hydroxylation sites is 1. The van der Waals surface area contributed by atoms with E-state index in [1.54, 1.807) is 24.3 Å². The topological polar surface area (TPSA) is 48.4 Å². The van der Waals surface area contributed by atoms with Crippen molar-refractivity contribution < 1.29 is 27.4 Å². The summed E-state index contributed by atoms with van der Waals surface area (Å²) in [6.07, 6.45) is -4.46. The molecule has 1 heterocycles. The minimum absolute atomic E-state index is 0.147. The Labute approximate surface area is 124 Å². The zero-order valence-electron chi connectivity index (χ0n) is 12.0. The van der Waals surface area contributed by atoms with Crippen molar-refractivity contribution in [2.75, 3.05) is 13.7 Å².